The lowest BCUT2D eigenvalue weighted by Crippen LogP contribution is -2.45. The first-order valence-corrected chi connectivity index (χ1v) is 8.48. The van der Waals surface area contributed by atoms with Gasteiger partial charge in [0.1, 0.15) is 0 Å². The van der Waals surface area contributed by atoms with E-state index < -0.39 is 10.0 Å². The fraction of sp³-hybridized carbons (Fsp3) is 0.500. The Morgan fingerprint density at radius 3 is 2.76 bits per heavy atom. The van der Waals surface area contributed by atoms with E-state index >= 15 is 0 Å². The Kier molecular flexibility index (Phi) is 4.97. The topological polar surface area (TPSA) is 87.3 Å². The number of benzene rings is 1. The lowest BCUT2D eigenvalue weighted by molar-refractivity contribution is -0.114. The van der Waals surface area contributed by atoms with Crippen molar-refractivity contribution in [3.63, 3.8) is 0 Å². The van der Waals surface area contributed by atoms with Crippen molar-refractivity contribution >= 4 is 21.6 Å². The Bertz CT molecular complexity index is 622. The summed E-state index contributed by atoms with van der Waals surface area (Å²) in [5.41, 5.74) is 1.13. The molecule has 0 saturated carbocycles. The van der Waals surface area contributed by atoms with E-state index in [1.807, 2.05) is 0 Å². The molecule has 1 heterocycles. The van der Waals surface area contributed by atoms with Crippen LogP contribution in [0.15, 0.2) is 23.1 Å². The van der Waals surface area contributed by atoms with Gasteiger partial charge in [0.15, 0.2) is 0 Å². The molecule has 21 heavy (non-hydrogen) atoms. The Morgan fingerprint density at radius 1 is 1.38 bits per heavy atom. The molecule has 1 aliphatic rings. The summed E-state index contributed by atoms with van der Waals surface area (Å²) >= 11 is 0. The largest absolute Gasteiger partial charge is 0.326 e. The third-order valence-electron chi connectivity index (χ3n) is 3.42. The number of sulfonamides is 1. The van der Waals surface area contributed by atoms with Crippen LogP contribution in [0.1, 0.15) is 25.3 Å². The van der Waals surface area contributed by atoms with Gasteiger partial charge in [0.05, 0.1) is 4.90 Å². The molecule has 1 fully saturated rings. The van der Waals surface area contributed by atoms with Gasteiger partial charge >= 0.3 is 0 Å². The number of hydrogen-bond acceptors (Lipinski definition) is 4. The van der Waals surface area contributed by atoms with E-state index in [1.165, 1.54) is 13.0 Å². The standard InChI is InChI=1S/C14H21N3O3S/c1-10-5-6-12(16-11(2)18)8-14(10)21(19,20)17-13-4-3-7-15-9-13/h5-6,8,13,15,17H,3-4,7,9H2,1-2H3,(H,16,18). The monoisotopic (exact) mass is 311 g/mol. The van der Waals surface area contributed by atoms with Crippen molar-refractivity contribution in [3.8, 4) is 0 Å². The van der Waals surface area contributed by atoms with Crippen molar-refractivity contribution in [1.82, 2.24) is 10.0 Å². The van der Waals surface area contributed by atoms with Gasteiger partial charge in [-0.25, -0.2) is 13.1 Å². The fourth-order valence-corrected chi connectivity index (χ4v) is 3.95. The maximum absolute atomic E-state index is 12.5. The van der Waals surface area contributed by atoms with Crippen LogP contribution >= 0.6 is 0 Å². The number of anilines is 1. The summed E-state index contributed by atoms with van der Waals surface area (Å²) in [7, 11) is -3.59. The lowest BCUT2D eigenvalue weighted by atomic mass is 10.1. The molecule has 6 nitrogen and oxygen atoms in total. The average molecular weight is 311 g/mol. The van der Waals surface area contributed by atoms with Crippen molar-refractivity contribution < 1.29 is 13.2 Å². The Hall–Kier alpha value is -1.44. The molecule has 1 aromatic carbocycles. The first-order chi connectivity index (χ1) is 9.88. The predicted octanol–water partition coefficient (Wildman–Crippen LogP) is 0.984. The van der Waals surface area contributed by atoms with Crippen LogP contribution in [0.5, 0.6) is 0 Å². The van der Waals surface area contributed by atoms with Crippen LogP contribution in [0.2, 0.25) is 0 Å². The van der Waals surface area contributed by atoms with E-state index in [0.29, 0.717) is 17.8 Å². The molecule has 0 radical (unpaired) electrons. The molecule has 1 atom stereocenters. The number of aryl methyl sites for hydroxylation is 1. The first-order valence-electron chi connectivity index (χ1n) is 7.00. The molecule has 2 rings (SSSR count). The van der Waals surface area contributed by atoms with Crippen LogP contribution in [-0.2, 0) is 14.8 Å². The zero-order valence-corrected chi connectivity index (χ0v) is 13.1. The van der Waals surface area contributed by atoms with Crippen LogP contribution < -0.4 is 15.4 Å². The van der Waals surface area contributed by atoms with E-state index in [9.17, 15) is 13.2 Å². The van der Waals surface area contributed by atoms with Gasteiger partial charge in [0.2, 0.25) is 15.9 Å². The van der Waals surface area contributed by atoms with E-state index in [2.05, 4.69) is 15.4 Å². The van der Waals surface area contributed by atoms with Crippen molar-refractivity contribution in [1.29, 1.82) is 0 Å². The highest BCUT2D eigenvalue weighted by atomic mass is 32.2. The number of carbonyl (C=O) groups is 1. The molecule has 0 aromatic heterocycles. The quantitative estimate of drug-likeness (QED) is 0.773. The highest BCUT2D eigenvalue weighted by molar-refractivity contribution is 7.89. The van der Waals surface area contributed by atoms with Crippen LogP contribution in [0.4, 0.5) is 5.69 Å². The van der Waals surface area contributed by atoms with E-state index in [1.54, 1.807) is 19.1 Å². The van der Waals surface area contributed by atoms with Crippen molar-refractivity contribution in [2.75, 3.05) is 18.4 Å². The summed E-state index contributed by atoms with van der Waals surface area (Å²) in [6.45, 7) is 4.70. The smallest absolute Gasteiger partial charge is 0.241 e. The van der Waals surface area contributed by atoms with Gasteiger partial charge in [0, 0.05) is 25.2 Å². The minimum absolute atomic E-state index is 0.0902. The van der Waals surface area contributed by atoms with Crippen molar-refractivity contribution in [2.45, 2.75) is 37.6 Å². The fourth-order valence-electron chi connectivity index (χ4n) is 2.41. The Morgan fingerprint density at radius 2 is 2.14 bits per heavy atom. The van der Waals surface area contributed by atoms with Crippen LogP contribution in [0.25, 0.3) is 0 Å². The van der Waals surface area contributed by atoms with Gasteiger partial charge in [-0.15, -0.1) is 0 Å². The molecule has 116 valence electrons. The third kappa shape index (κ3) is 4.26. The van der Waals surface area contributed by atoms with Gasteiger partial charge in [-0.05, 0) is 44.0 Å². The maximum atomic E-state index is 12.5. The van der Waals surface area contributed by atoms with Gasteiger partial charge in [-0.3, -0.25) is 4.79 Å². The SMILES string of the molecule is CC(=O)Nc1ccc(C)c(S(=O)(=O)NC2CCCNC2)c1. The molecule has 1 amide bonds. The molecule has 0 spiro atoms. The Labute approximate surface area is 125 Å². The summed E-state index contributed by atoms with van der Waals surface area (Å²) in [4.78, 5) is 11.3. The van der Waals surface area contributed by atoms with Crippen molar-refractivity contribution in [2.24, 2.45) is 0 Å². The molecular formula is C14H21N3O3S. The molecule has 1 aliphatic heterocycles. The molecule has 0 bridgehead atoms. The second kappa shape index (κ2) is 6.55. The molecule has 1 saturated heterocycles. The zero-order chi connectivity index (χ0) is 15.5. The summed E-state index contributed by atoms with van der Waals surface area (Å²) < 4.78 is 27.7. The predicted molar refractivity (Wildman–Crippen MR) is 81.7 cm³/mol. The van der Waals surface area contributed by atoms with Crippen molar-refractivity contribution in [3.05, 3.63) is 23.8 Å². The highest BCUT2D eigenvalue weighted by Crippen LogP contribution is 2.21. The maximum Gasteiger partial charge on any atom is 0.241 e. The van der Waals surface area contributed by atoms with Gasteiger partial charge in [0.25, 0.3) is 0 Å². The molecule has 7 heteroatoms. The second-order valence-electron chi connectivity index (χ2n) is 5.33. The first kappa shape index (κ1) is 15.9. The summed E-state index contributed by atoms with van der Waals surface area (Å²) in [6, 6.07) is 4.79. The third-order valence-corrected chi connectivity index (χ3v) is 5.08. The van der Waals surface area contributed by atoms with Gasteiger partial charge < -0.3 is 10.6 Å². The van der Waals surface area contributed by atoms with Crippen LogP contribution in [0.3, 0.4) is 0 Å². The number of amides is 1. The number of piperidine rings is 1. The normalized spacial score (nSPS) is 19.2. The molecular weight excluding hydrogens is 290 g/mol. The summed E-state index contributed by atoms with van der Waals surface area (Å²) in [6.07, 6.45) is 1.79. The van der Waals surface area contributed by atoms with Crippen LogP contribution in [0, 0.1) is 6.92 Å². The number of hydrogen-bond donors (Lipinski definition) is 3. The van der Waals surface area contributed by atoms with Crippen LogP contribution in [-0.4, -0.2) is 33.5 Å². The van der Waals surface area contributed by atoms with Gasteiger partial charge in [-0.2, -0.15) is 0 Å². The second-order valence-corrected chi connectivity index (χ2v) is 7.01. The molecule has 3 N–H and O–H groups in total. The highest BCUT2D eigenvalue weighted by Gasteiger charge is 2.23. The lowest BCUT2D eigenvalue weighted by Gasteiger charge is -2.24. The number of rotatable bonds is 4. The van der Waals surface area contributed by atoms with Gasteiger partial charge in [-0.1, -0.05) is 6.07 Å². The van der Waals surface area contributed by atoms with E-state index in [0.717, 1.165) is 19.4 Å². The summed E-state index contributed by atoms with van der Waals surface area (Å²) in [5, 5.41) is 5.78. The zero-order valence-electron chi connectivity index (χ0n) is 12.3. The average Bonchev–Trinajstić information content (AvgIpc) is 2.41. The molecule has 0 aliphatic carbocycles. The van der Waals surface area contributed by atoms with E-state index in [-0.39, 0.29) is 16.8 Å². The van der Waals surface area contributed by atoms with E-state index in [4.69, 9.17) is 0 Å². The summed E-state index contributed by atoms with van der Waals surface area (Å²) in [5.74, 6) is -0.230. The minimum atomic E-state index is -3.59. The molecule has 1 unspecified atom stereocenters. The minimum Gasteiger partial charge on any atom is -0.326 e. The number of nitrogens with one attached hydrogen (secondary N) is 3. The number of carbonyl (C=O) groups excluding carboxylic acids is 1. The Balaban J connectivity index is 2.23. The molecule has 1 aromatic rings.